The molecule has 1 N–H and O–H groups in total. The Morgan fingerprint density at radius 3 is 2.44 bits per heavy atom. The van der Waals surface area contributed by atoms with E-state index < -0.39 is 42.2 Å². The molecule has 14 nitrogen and oxygen atoms in total. The molecular weight excluding hydrogens is 558 g/mol. The molecular formula is C23H18ClN5O9S. The number of benzene rings is 2. The summed E-state index contributed by atoms with van der Waals surface area (Å²) in [4.78, 5) is 36.0. The van der Waals surface area contributed by atoms with Crippen LogP contribution in [0.4, 0.5) is 17.2 Å². The van der Waals surface area contributed by atoms with Gasteiger partial charge in [0.05, 0.1) is 27.5 Å². The minimum Gasteiger partial charge on any atom is -0.465 e. The number of imidazole rings is 1. The molecule has 0 radical (unpaired) electrons. The monoisotopic (exact) mass is 575 g/mol. The summed E-state index contributed by atoms with van der Waals surface area (Å²) in [5.41, 5.74) is -0.226. The fraction of sp³-hybridized carbons (Fsp3) is 0.130. The molecule has 0 saturated carbocycles. The third kappa shape index (κ3) is 5.89. The second kappa shape index (κ2) is 10.9. The van der Waals surface area contributed by atoms with Crippen molar-refractivity contribution in [1.29, 1.82) is 0 Å². The predicted molar refractivity (Wildman–Crippen MR) is 138 cm³/mol. The molecule has 0 aliphatic carbocycles. The van der Waals surface area contributed by atoms with E-state index in [2.05, 4.69) is 10.3 Å². The van der Waals surface area contributed by atoms with Crippen molar-refractivity contribution in [3.63, 3.8) is 0 Å². The standard InChI is InChI=1S/C23H18ClN5O9S/c1-2-37-21(30)12-25-23-22(26-20-10-5-15(24)13-27(20)23)14-3-7-17(8-4-14)38-39(35,36)19-9-6-16(28(31)32)11-18(19)29(33)34/h3-11,13,25H,2,12H2,1H3. The van der Waals surface area contributed by atoms with Crippen LogP contribution in [0.5, 0.6) is 5.75 Å². The minimum absolute atomic E-state index is 0.158. The zero-order chi connectivity index (χ0) is 28.3. The lowest BCUT2D eigenvalue weighted by atomic mass is 10.1. The molecule has 2 aromatic carbocycles. The number of rotatable bonds is 10. The van der Waals surface area contributed by atoms with Crippen LogP contribution in [-0.4, -0.2) is 46.8 Å². The number of fused-ring (bicyclic) bond motifs is 1. The van der Waals surface area contributed by atoms with Crippen LogP contribution in [0.3, 0.4) is 0 Å². The summed E-state index contributed by atoms with van der Waals surface area (Å²) in [6, 6.07) is 11.0. The molecule has 0 amide bonds. The van der Waals surface area contributed by atoms with E-state index in [9.17, 15) is 33.4 Å². The van der Waals surface area contributed by atoms with Gasteiger partial charge in [0.1, 0.15) is 29.5 Å². The lowest BCUT2D eigenvalue weighted by Gasteiger charge is -2.10. The smallest absolute Gasteiger partial charge is 0.346 e. The molecule has 2 aromatic heterocycles. The van der Waals surface area contributed by atoms with Gasteiger partial charge in [-0.2, -0.15) is 8.42 Å². The first-order valence-electron chi connectivity index (χ1n) is 11.0. The Kier molecular flexibility index (Phi) is 7.64. The summed E-state index contributed by atoms with van der Waals surface area (Å²) < 4.78 is 37.2. The largest absolute Gasteiger partial charge is 0.465 e. The number of halogens is 1. The number of anilines is 1. The molecule has 0 unspecified atom stereocenters. The summed E-state index contributed by atoms with van der Waals surface area (Å²) in [5.74, 6) is -0.252. The van der Waals surface area contributed by atoms with Crippen molar-refractivity contribution in [3.05, 3.63) is 86.0 Å². The number of carbonyl (C=O) groups is 1. The molecule has 4 aromatic rings. The molecule has 2 heterocycles. The number of esters is 1. The van der Waals surface area contributed by atoms with E-state index in [-0.39, 0.29) is 18.9 Å². The van der Waals surface area contributed by atoms with Crippen molar-refractivity contribution in [2.45, 2.75) is 11.8 Å². The van der Waals surface area contributed by atoms with Crippen LogP contribution in [0, 0.1) is 20.2 Å². The highest BCUT2D eigenvalue weighted by Gasteiger charge is 2.30. The molecule has 0 saturated heterocycles. The van der Waals surface area contributed by atoms with Gasteiger partial charge in [-0.3, -0.25) is 29.4 Å². The average molecular weight is 576 g/mol. The molecule has 0 fully saturated rings. The highest BCUT2D eigenvalue weighted by atomic mass is 35.5. The van der Waals surface area contributed by atoms with Gasteiger partial charge in [0.15, 0.2) is 4.90 Å². The Morgan fingerprint density at radius 1 is 1.08 bits per heavy atom. The van der Waals surface area contributed by atoms with Crippen molar-refractivity contribution in [1.82, 2.24) is 9.38 Å². The first kappa shape index (κ1) is 27.3. The third-order valence-electron chi connectivity index (χ3n) is 5.24. The normalized spacial score (nSPS) is 11.2. The Hall–Kier alpha value is -4.76. The maximum atomic E-state index is 12.8. The summed E-state index contributed by atoms with van der Waals surface area (Å²) >= 11 is 6.13. The second-order valence-corrected chi connectivity index (χ2v) is 9.72. The lowest BCUT2D eigenvalue weighted by Crippen LogP contribution is -2.17. The van der Waals surface area contributed by atoms with Gasteiger partial charge in [-0.1, -0.05) is 11.6 Å². The van der Waals surface area contributed by atoms with E-state index in [1.165, 1.54) is 24.3 Å². The van der Waals surface area contributed by atoms with Crippen LogP contribution in [0.25, 0.3) is 16.9 Å². The number of nitrogens with one attached hydrogen (secondary N) is 1. The van der Waals surface area contributed by atoms with Crippen molar-refractivity contribution >= 4 is 50.5 Å². The number of nitro benzene ring substituents is 2. The van der Waals surface area contributed by atoms with E-state index in [1.807, 2.05) is 0 Å². The van der Waals surface area contributed by atoms with Crippen LogP contribution in [0.15, 0.2) is 65.7 Å². The molecule has 202 valence electrons. The number of carbonyl (C=O) groups excluding carboxylic acids is 1. The van der Waals surface area contributed by atoms with Gasteiger partial charge in [0, 0.05) is 17.8 Å². The average Bonchev–Trinajstić information content (AvgIpc) is 3.25. The van der Waals surface area contributed by atoms with Crippen LogP contribution < -0.4 is 9.50 Å². The lowest BCUT2D eigenvalue weighted by molar-refractivity contribution is -0.396. The molecule has 4 rings (SSSR count). The van der Waals surface area contributed by atoms with Gasteiger partial charge in [-0.15, -0.1) is 0 Å². The molecule has 0 aliphatic heterocycles. The molecule has 0 aliphatic rings. The topological polar surface area (TPSA) is 185 Å². The number of non-ortho nitro benzene ring substituents is 1. The molecule has 0 bridgehead atoms. The quantitative estimate of drug-likeness (QED) is 0.123. The summed E-state index contributed by atoms with van der Waals surface area (Å²) in [7, 11) is -4.73. The maximum absolute atomic E-state index is 12.8. The van der Waals surface area contributed by atoms with Gasteiger partial charge in [-0.05, 0) is 49.4 Å². The van der Waals surface area contributed by atoms with Crippen LogP contribution >= 0.6 is 11.6 Å². The predicted octanol–water partition coefficient (Wildman–Crippen LogP) is 4.21. The van der Waals surface area contributed by atoms with E-state index >= 15 is 0 Å². The number of ether oxygens (including phenoxy) is 1. The number of pyridine rings is 1. The van der Waals surface area contributed by atoms with Crippen molar-refractivity contribution in [2.75, 3.05) is 18.5 Å². The zero-order valence-electron chi connectivity index (χ0n) is 19.9. The summed E-state index contributed by atoms with van der Waals surface area (Å²) in [6.45, 7) is 1.73. The molecule has 16 heteroatoms. The van der Waals surface area contributed by atoms with E-state index in [0.29, 0.717) is 33.8 Å². The number of hydrogen-bond donors (Lipinski definition) is 1. The van der Waals surface area contributed by atoms with Gasteiger partial charge >= 0.3 is 16.1 Å². The van der Waals surface area contributed by atoms with E-state index in [0.717, 1.165) is 12.1 Å². The second-order valence-electron chi connectivity index (χ2n) is 7.77. The summed E-state index contributed by atoms with van der Waals surface area (Å²) in [6.07, 6.45) is 1.60. The van der Waals surface area contributed by atoms with Crippen molar-refractivity contribution in [2.24, 2.45) is 0 Å². The third-order valence-corrected chi connectivity index (χ3v) is 6.76. The van der Waals surface area contributed by atoms with Crippen LogP contribution in [0.1, 0.15) is 6.92 Å². The number of aromatic nitrogens is 2. The van der Waals surface area contributed by atoms with Crippen LogP contribution in [0.2, 0.25) is 5.02 Å². The van der Waals surface area contributed by atoms with Crippen molar-refractivity contribution < 1.29 is 32.0 Å². The molecule has 39 heavy (non-hydrogen) atoms. The number of nitro groups is 2. The zero-order valence-corrected chi connectivity index (χ0v) is 21.5. The highest BCUT2D eigenvalue weighted by Crippen LogP contribution is 2.33. The first-order chi connectivity index (χ1) is 18.5. The van der Waals surface area contributed by atoms with E-state index in [4.69, 9.17) is 20.5 Å². The fourth-order valence-electron chi connectivity index (χ4n) is 3.57. The van der Waals surface area contributed by atoms with Crippen molar-refractivity contribution in [3.8, 4) is 17.0 Å². The minimum atomic E-state index is -4.73. The Morgan fingerprint density at radius 2 is 1.79 bits per heavy atom. The van der Waals surface area contributed by atoms with Crippen LogP contribution in [-0.2, 0) is 19.6 Å². The van der Waals surface area contributed by atoms with Gasteiger partial charge in [-0.25, -0.2) is 4.98 Å². The summed E-state index contributed by atoms with van der Waals surface area (Å²) in [5, 5.41) is 25.7. The van der Waals surface area contributed by atoms with E-state index in [1.54, 1.807) is 29.7 Å². The Bertz CT molecular complexity index is 1710. The molecule has 0 atom stereocenters. The van der Waals surface area contributed by atoms with Gasteiger partial charge in [0.25, 0.3) is 11.4 Å². The maximum Gasteiger partial charge on any atom is 0.346 e. The Labute approximate surface area is 225 Å². The number of hydrogen-bond acceptors (Lipinski definition) is 11. The number of nitrogens with zero attached hydrogens (tertiary/aromatic N) is 4. The molecule has 0 spiro atoms. The first-order valence-corrected chi connectivity index (χ1v) is 12.8. The SMILES string of the molecule is CCOC(=O)CNc1c(-c2ccc(OS(=O)(=O)c3ccc([N+](=O)[O-])cc3[N+](=O)[O-])cc2)nc2ccc(Cl)cn12. The highest BCUT2D eigenvalue weighted by molar-refractivity contribution is 7.87. The Balaban J connectivity index is 1.65. The van der Waals surface area contributed by atoms with Gasteiger partial charge < -0.3 is 14.2 Å². The fourth-order valence-corrected chi connectivity index (χ4v) is 4.81. The van der Waals surface area contributed by atoms with Gasteiger partial charge in [0.2, 0.25) is 0 Å².